The van der Waals surface area contributed by atoms with E-state index in [-0.39, 0.29) is 5.75 Å². The summed E-state index contributed by atoms with van der Waals surface area (Å²) in [7, 11) is -3.66. The Bertz CT molecular complexity index is 247. The predicted octanol–water partition coefficient (Wildman–Crippen LogP) is 3.58. The van der Waals surface area contributed by atoms with Gasteiger partial charge in [-0.15, -0.1) is 0 Å². The number of unbranched alkanes of at least 4 members (excludes halogenated alkanes) is 3. The van der Waals surface area contributed by atoms with Gasteiger partial charge in [-0.25, -0.2) is 0 Å². The first-order chi connectivity index (χ1) is 8.91. The molecule has 0 aliphatic carbocycles. The molecule has 0 aromatic heterocycles. The van der Waals surface area contributed by atoms with Crippen LogP contribution in [0.3, 0.4) is 0 Å². The second-order valence-electron chi connectivity index (χ2n) is 4.77. The van der Waals surface area contributed by atoms with Crippen molar-refractivity contribution >= 4 is 10.1 Å². The lowest BCUT2D eigenvalue weighted by molar-refractivity contribution is 0.261. The molecule has 0 aliphatic rings. The van der Waals surface area contributed by atoms with Crippen LogP contribution in [0.5, 0.6) is 0 Å². The Hall–Kier alpha value is -0.130. The minimum atomic E-state index is -3.66. The highest BCUT2D eigenvalue weighted by Crippen LogP contribution is 2.01. The van der Waals surface area contributed by atoms with Crippen LogP contribution in [-0.2, 0) is 10.1 Å². The van der Waals surface area contributed by atoms with E-state index in [0.717, 1.165) is 0 Å². The average Bonchev–Trinajstić information content (AvgIpc) is 2.38. The Kier molecular flexibility index (Phi) is 15.9. The molecule has 0 amide bonds. The van der Waals surface area contributed by atoms with Crippen LogP contribution in [-0.4, -0.2) is 43.3 Å². The van der Waals surface area contributed by atoms with Crippen molar-refractivity contribution in [2.24, 2.45) is 0 Å². The molecule has 4 nitrogen and oxygen atoms in total. The molecule has 5 heteroatoms. The van der Waals surface area contributed by atoms with E-state index < -0.39 is 10.1 Å². The zero-order chi connectivity index (χ0) is 15.1. The van der Waals surface area contributed by atoms with E-state index in [1.54, 1.807) is 0 Å². The molecule has 0 saturated carbocycles. The van der Waals surface area contributed by atoms with Gasteiger partial charge in [0.25, 0.3) is 10.1 Å². The predicted molar refractivity (Wildman–Crippen MR) is 83.3 cm³/mol. The van der Waals surface area contributed by atoms with E-state index in [9.17, 15) is 8.42 Å². The molecule has 19 heavy (non-hydrogen) atoms. The molecule has 0 heterocycles. The van der Waals surface area contributed by atoms with Gasteiger partial charge in [-0.1, -0.05) is 40.0 Å². The van der Waals surface area contributed by atoms with Crippen molar-refractivity contribution in [1.29, 1.82) is 0 Å². The lowest BCUT2D eigenvalue weighted by Gasteiger charge is -2.21. The second kappa shape index (κ2) is 14.3. The van der Waals surface area contributed by atoms with Gasteiger partial charge in [0.15, 0.2) is 0 Å². The van der Waals surface area contributed by atoms with Crippen molar-refractivity contribution in [3.8, 4) is 0 Å². The molecule has 118 valence electrons. The average molecular weight is 295 g/mol. The van der Waals surface area contributed by atoms with Crippen molar-refractivity contribution in [2.75, 3.05) is 25.4 Å². The Morgan fingerprint density at radius 1 is 0.789 bits per heavy atom. The van der Waals surface area contributed by atoms with Crippen molar-refractivity contribution in [1.82, 2.24) is 4.90 Å². The topological polar surface area (TPSA) is 57.6 Å². The second-order valence-corrected chi connectivity index (χ2v) is 6.51. The third-order valence-corrected chi connectivity index (χ3v) is 3.58. The van der Waals surface area contributed by atoms with Gasteiger partial charge in [0.1, 0.15) is 0 Å². The molecule has 0 spiro atoms. The molecule has 0 bridgehead atoms. The van der Waals surface area contributed by atoms with E-state index >= 15 is 0 Å². The van der Waals surface area contributed by atoms with Gasteiger partial charge in [-0.2, -0.15) is 8.42 Å². The van der Waals surface area contributed by atoms with E-state index in [0.29, 0.717) is 0 Å². The van der Waals surface area contributed by atoms with Crippen LogP contribution in [0.2, 0.25) is 0 Å². The fourth-order valence-electron chi connectivity index (χ4n) is 1.48. The summed E-state index contributed by atoms with van der Waals surface area (Å²) in [5, 5.41) is 0. The van der Waals surface area contributed by atoms with Gasteiger partial charge in [-0.3, -0.25) is 4.55 Å². The molecule has 0 rings (SSSR count). The van der Waals surface area contributed by atoms with Crippen LogP contribution in [0, 0.1) is 0 Å². The quantitative estimate of drug-likeness (QED) is 0.626. The normalized spacial score (nSPS) is 11.3. The van der Waals surface area contributed by atoms with Gasteiger partial charge in [-0.05, 0) is 45.8 Å². The van der Waals surface area contributed by atoms with E-state index in [1.807, 2.05) is 0 Å². The number of hydrogen-bond donors (Lipinski definition) is 1. The molecular weight excluding hydrogens is 262 g/mol. The van der Waals surface area contributed by atoms with Crippen LogP contribution in [0.4, 0.5) is 0 Å². The third-order valence-electron chi connectivity index (χ3n) is 2.85. The summed E-state index contributed by atoms with van der Waals surface area (Å²) in [6.07, 6.45) is 8.09. The molecule has 0 saturated heterocycles. The summed E-state index contributed by atoms with van der Waals surface area (Å²) in [6.45, 7) is 12.1. The maximum atomic E-state index is 9.56. The van der Waals surface area contributed by atoms with E-state index in [4.69, 9.17) is 4.55 Å². The van der Waals surface area contributed by atoms with Crippen LogP contribution in [0.1, 0.15) is 66.2 Å². The Balaban J connectivity index is 0. The minimum absolute atomic E-state index is 0.201. The van der Waals surface area contributed by atoms with E-state index in [1.165, 1.54) is 65.1 Å². The first kappa shape index (κ1) is 21.2. The summed E-state index contributed by atoms with van der Waals surface area (Å²) < 4.78 is 26.9. The van der Waals surface area contributed by atoms with Crippen molar-refractivity contribution in [3.05, 3.63) is 0 Å². The summed E-state index contributed by atoms with van der Waals surface area (Å²) >= 11 is 0. The van der Waals surface area contributed by atoms with Crippen molar-refractivity contribution in [2.45, 2.75) is 66.2 Å². The number of rotatable bonds is 10. The van der Waals surface area contributed by atoms with Gasteiger partial charge in [0.05, 0.1) is 5.75 Å². The zero-order valence-corrected chi connectivity index (χ0v) is 14.0. The highest BCUT2D eigenvalue weighted by Gasteiger charge is 2.01. The fourth-order valence-corrected chi connectivity index (χ4v) is 1.48. The molecule has 0 unspecified atom stereocenters. The maximum Gasteiger partial charge on any atom is 0.264 e. The highest BCUT2D eigenvalue weighted by molar-refractivity contribution is 7.85. The summed E-state index contributed by atoms with van der Waals surface area (Å²) in [4.78, 5) is 2.64. The molecule has 0 aromatic rings. The summed E-state index contributed by atoms with van der Waals surface area (Å²) in [5.41, 5.74) is 0. The number of nitrogens with zero attached hydrogens (tertiary/aromatic N) is 1. The molecule has 0 fully saturated rings. The molecule has 0 radical (unpaired) electrons. The maximum absolute atomic E-state index is 9.56. The molecular formula is C14H33NO3S. The smallest absolute Gasteiger partial charge is 0.264 e. The van der Waals surface area contributed by atoms with Crippen LogP contribution in [0.25, 0.3) is 0 Å². The number of hydrogen-bond acceptors (Lipinski definition) is 3. The summed E-state index contributed by atoms with van der Waals surface area (Å²) in [6, 6.07) is 0. The first-order valence-electron chi connectivity index (χ1n) is 7.58. The van der Waals surface area contributed by atoms with Crippen LogP contribution < -0.4 is 0 Å². The monoisotopic (exact) mass is 295 g/mol. The van der Waals surface area contributed by atoms with Gasteiger partial charge >= 0.3 is 0 Å². The van der Waals surface area contributed by atoms with Gasteiger partial charge in [0, 0.05) is 0 Å². The van der Waals surface area contributed by atoms with Crippen LogP contribution in [0.15, 0.2) is 0 Å². The Morgan fingerprint density at radius 2 is 1.05 bits per heavy atom. The van der Waals surface area contributed by atoms with Crippen molar-refractivity contribution in [3.63, 3.8) is 0 Å². The SMILES string of the molecule is CCCCN(CCCC)CCCC.CCS(=O)(=O)O. The van der Waals surface area contributed by atoms with Crippen molar-refractivity contribution < 1.29 is 13.0 Å². The lowest BCUT2D eigenvalue weighted by atomic mass is 10.2. The van der Waals surface area contributed by atoms with Gasteiger partial charge in [0.2, 0.25) is 0 Å². The molecule has 0 atom stereocenters. The minimum Gasteiger partial charge on any atom is -0.303 e. The Morgan fingerprint density at radius 3 is 1.21 bits per heavy atom. The molecule has 0 aromatic carbocycles. The fraction of sp³-hybridized carbons (Fsp3) is 1.00. The molecule has 0 aliphatic heterocycles. The standard InChI is InChI=1S/C12H27N.C2H6O3S/c1-4-7-10-13(11-8-5-2)12-9-6-3;1-2-6(3,4)5/h4-12H2,1-3H3;2H2,1H3,(H,3,4,5). The Labute approximate surface area is 120 Å². The van der Waals surface area contributed by atoms with Crippen LogP contribution >= 0.6 is 0 Å². The highest BCUT2D eigenvalue weighted by atomic mass is 32.2. The summed E-state index contributed by atoms with van der Waals surface area (Å²) in [5.74, 6) is -0.201. The zero-order valence-electron chi connectivity index (χ0n) is 13.2. The van der Waals surface area contributed by atoms with E-state index in [2.05, 4.69) is 25.7 Å². The third kappa shape index (κ3) is 20.4. The lowest BCUT2D eigenvalue weighted by Crippen LogP contribution is -2.27. The van der Waals surface area contributed by atoms with Gasteiger partial charge < -0.3 is 4.90 Å². The molecule has 1 N–H and O–H groups in total. The first-order valence-corrected chi connectivity index (χ1v) is 9.19. The largest absolute Gasteiger partial charge is 0.303 e.